The Morgan fingerprint density at radius 2 is 1.25 bits per heavy atom. The molecule has 0 aromatic rings. The second kappa shape index (κ2) is 20.6. The van der Waals surface area contributed by atoms with Gasteiger partial charge in [0.25, 0.3) is 5.97 Å². The molecule has 0 spiro atoms. The van der Waals surface area contributed by atoms with Crippen LogP contribution in [0.2, 0.25) is 6.04 Å². The number of methoxy groups -OCH3 is 3. The molecule has 0 amide bonds. The number of unbranched alkanes of at least 4 members (excludes halogenated alkanes) is 8. The monoisotopic (exact) mass is 494 g/mol. The molecule has 0 aliphatic rings. The zero-order chi connectivity index (χ0) is 24.1. The van der Waals surface area contributed by atoms with Gasteiger partial charge in [-0.1, -0.05) is 70.8 Å². The fourth-order valence-corrected chi connectivity index (χ4v) is 12.7. The van der Waals surface area contributed by atoms with Crippen molar-refractivity contribution in [2.24, 2.45) is 0 Å². The molecule has 0 aromatic carbocycles. The van der Waals surface area contributed by atoms with Gasteiger partial charge in [0, 0.05) is 47.1 Å². The van der Waals surface area contributed by atoms with E-state index in [0.29, 0.717) is 13.2 Å². The van der Waals surface area contributed by atoms with Crippen LogP contribution in [-0.2, 0) is 27.5 Å². The van der Waals surface area contributed by atoms with Crippen molar-refractivity contribution in [1.82, 2.24) is 0 Å². The lowest BCUT2D eigenvalue weighted by Gasteiger charge is -2.32. The summed E-state index contributed by atoms with van der Waals surface area (Å²) in [6.45, 7) is 9.94. The number of ether oxygens (including phenoxy) is 3. The number of hydrogen-bond acceptors (Lipinski definition) is 6. The van der Waals surface area contributed by atoms with Gasteiger partial charge in [0.2, 0.25) is 0 Å². The predicted molar refractivity (Wildman–Crippen MR) is 138 cm³/mol. The van der Waals surface area contributed by atoms with Crippen molar-refractivity contribution in [3.8, 4) is 0 Å². The second-order valence-corrected chi connectivity index (χ2v) is 16.1. The molecule has 0 rings (SSSR count). The van der Waals surface area contributed by atoms with E-state index in [4.69, 9.17) is 27.5 Å². The molecule has 32 heavy (non-hydrogen) atoms. The summed E-state index contributed by atoms with van der Waals surface area (Å²) in [5.74, 6) is -0.902. The van der Waals surface area contributed by atoms with Crippen LogP contribution in [-0.4, -0.2) is 64.0 Å². The molecule has 194 valence electrons. The summed E-state index contributed by atoms with van der Waals surface area (Å²) >= 11 is 0. The van der Waals surface area contributed by atoms with Crippen molar-refractivity contribution in [2.75, 3.05) is 34.5 Å². The molecule has 8 heteroatoms. The summed E-state index contributed by atoms with van der Waals surface area (Å²) in [6.07, 6.45) is 14.5. The first-order valence-corrected chi connectivity index (χ1v) is 18.1. The van der Waals surface area contributed by atoms with Crippen molar-refractivity contribution in [2.45, 2.75) is 123 Å². The highest BCUT2D eigenvalue weighted by atomic mass is 29.2. The van der Waals surface area contributed by atoms with Gasteiger partial charge < -0.3 is 27.5 Å². The molecule has 0 bridgehead atoms. The Balaban J connectivity index is 4.36. The second-order valence-electron chi connectivity index (χ2n) is 8.60. The van der Waals surface area contributed by atoms with Crippen molar-refractivity contribution >= 4 is 17.4 Å². The summed E-state index contributed by atoms with van der Waals surface area (Å²) in [4.78, 5) is 0. The van der Waals surface area contributed by atoms with E-state index < -0.39 is 23.3 Å². The Hall–Kier alpha value is 0.194. The van der Waals surface area contributed by atoms with Crippen LogP contribution in [0.4, 0.5) is 0 Å². The summed E-state index contributed by atoms with van der Waals surface area (Å²) in [6, 6.07) is 1.21. The normalized spacial score (nSPS) is 14.0. The summed E-state index contributed by atoms with van der Waals surface area (Å²) in [7, 11) is 1.83. The Kier molecular flexibility index (Phi) is 20.7. The summed E-state index contributed by atoms with van der Waals surface area (Å²) in [5, 5.41) is 0. The maximum atomic E-state index is 6.57. The van der Waals surface area contributed by atoms with E-state index in [1.807, 2.05) is 0 Å². The van der Waals surface area contributed by atoms with Crippen LogP contribution in [0.25, 0.3) is 0 Å². The van der Waals surface area contributed by atoms with Gasteiger partial charge in [-0.05, 0) is 33.6 Å². The molecule has 0 fully saturated rings. The van der Waals surface area contributed by atoms with Crippen LogP contribution in [0, 0.1) is 0 Å². The van der Waals surface area contributed by atoms with Crippen LogP contribution >= 0.6 is 0 Å². The van der Waals surface area contributed by atoms with Gasteiger partial charge in [0.1, 0.15) is 9.04 Å². The van der Waals surface area contributed by atoms with Crippen LogP contribution in [0.1, 0.15) is 105 Å². The first kappa shape index (κ1) is 32.2. The van der Waals surface area contributed by atoms with Crippen LogP contribution in [0.5, 0.6) is 0 Å². The van der Waals surface area contributed by atoms with Gasteiger partial charge in [-0.25, -0.2) is 0 Å². The minimum absolute atomic E-state index is 0.226. The summed E-state index contributed by atoms with van der Waals surface area (Å²) in [5.41, 5.74) is 0. The molecule has 0 aromatic heterocycles. The Morgan fingerprint density at radius 1 is 0.719 bits per heavy atom. The average Bonchev–Trinajstić information content (AvgIpc) is 2.79. The van der Waals surface area contributed by atoms with Crippen LogP contribution in [0.15, 0.2) is 0 Å². The topological polar surface area (TPSA) is 55.4 Å². The SMILES string of the molecule is CCCCCCCCC(C)O[Si](OCC)(OCC)[SiH2]CCCCCCC(OC)(OC)OC. The minimum Gasteiger partial charge on any atom is -0.377 e. The zero-order valence-corrected chi connectivity index (χ0v) is 24.8. The largest absolute Gasteiger partial charge is 0.462 e. The molecule has 0 N–H and O–H groups in total. The average molecular weight is 495 g/mol. The van der Waals surface area contributed by atoms with Crippen molar-refractivity contribution in [3.05, 3.63) is 0 Å². The molecular formula is C24H54O6Si2. The third-order valence-corrected chi connectivity index (χ3v) is 14.3. The first-order valence-electron chi connectivity index (χ1n) is 13.1. The van der Waals surface area contributed by atoms with Gasteiger partial charge in [0.15, 0.2) is 0 Å². The highest BCUT2D eigenvalue weighted by Gasteiger charge is 2.41. The Bertz CT molecular complexity index is 396. The van der Waals surface area contributed by atoms with Crippen molar-refractivity contribution < 1.29 is 27.5 Å². The van der Waals surface area contributed by atoms with E-state index in [0.717, 1.165) is 25.7 Å². The fraction of sp³-hybridized carbons (Fsp3) is 1.00. The highest BCUT2D eigenvalue weighted by molar-refractivity contribution is 7.14. The van der Waals surface area contributed by atoms with E-state index in [2.05, 4.69) is 27.7 Å². The lowest BCUT2D eigenvalue weighted by Crippen LogP contribution is -2.54. The first-order chi connectivity index (χ1) is 15.5. The van der Waals surface area contributed by atoms with E-state index >= 15 is 0 Å². The van der Waals surface area contributed by atoms with Crippen molar-refractivity contribution in [1.29, 1.82) is 0 Å². The number of rotatable bonds is 24. The van der Waals surface area contributed by atoms with E-state index in [-0.39, 0.29) is 6.10 Å². The van der Waals surface area contributed by atoms with E-state index in [9.17, 15) is 0 Å². The van der Waals surface area contributed by atoms with Crippen LogP contribution < -0.4 is 0 Å². The standard InChI is InChI=1S/C24H54O6Si2/c1-8-11-12-13-14-17-20-23(4)30-32(28-9-2,29-10-3)31-22-19-16-15-18-21-24(25-5,26-6)27-7/h23H,8-22,31H2,1-7H3. The van der Waals surface area contributed by atoms with Crippen LogP contribution in [0.3, 0.4) is 0 Å². The van der Waals surface area contributed by atoms with Gasteiger partial charge in [-0.15, -0.1) is 0 Å². The fourth-order valence-electron chi connectivity index (χ4n) is 4.10. The molecule has 0 saturated carbocycles. The lowest BCUT2D eigenvalue weighted by molar-refractivity contribution is -0.355. The molecule has 1 unspecified atom stereocenters. The molecule has 0 saturated heterocycles. The number of hydrogen-bond donors (Lipinski definition) is 0. The maximum absolute atomic E-state index is 6.57. The Labute approximate surface area is 202 Å². The quantitative estimate of drug-likeness (QED) is 0.0963. The van der Waals surface area contributed by atoms with Gasteiger partial charge in [-0.3, -0.25) is 0 Å². The summed E-state index contributed by atoms with van der Waals surface area (Å²) < 4.78 is 35.1. The van der Waals surface area contributed by atoms with Gasteiger partial charge in [-0.2, -0.15) is 0 Å². The third-order valence-electron chi connectivity index (χ3n) is 5.97. The molecule has 0 heterocycles. The van der Waals surface area contributed by atoms with Crippen molar-refractivity contribution in [3.63, 3.8) is 0 Å². The molecule has 0 aliphatic carbocycles. The molecular weight excluding hydrogens is 440 g/mol. The van der Waals surface area contributed by atoms with Gasteiger partial charge in [0.05, 0.1) is 0 Å². The Morgan fingerprint density at radius 3 is 1.81 bits per heavy atom. The predicted octanol–water partition coefficient (Wildman–Crippen LogP) is 5.78. The molecule has 0 aliphatic heterocycles. The maximum Gasteiger partial charge on any atom is 0.462 e. The molecule has 6 nitrogen and oxygen atoms in total. The van der Waals surface area contributed by atoms with Gasteiger partial charge >= 0.3 is 8.32 Å². The lowest BCUT2D eigenvalue weighted by atomic mass is 10.1. The molecule has 0 radical (unpaired) electrons. The smallest absolute Gasteiger partial charge is 0.377 e. The molecule has 1 atom stereocenters. The van der Waals surface area contributed by atoms with E-state index in [1.54, 1.807) is 21.3 Å². The zero-order valence-electron chi connectivity index (χ0n) is 22.3. The third kappa shape index (κ3) is 14.5. The highest BCUT2D eigenvalue weighted by Crippen LogP contribution is 2.22. The minimum atomic E-state index is -2.48. The van der Waals surface area contributed by atoms with E-state index in [1.165, 1.54) is 57.4 Å².